The van der Waals surface area contributed by atoms with E-state index in [9.17, 15) is 0 Å². The molecule has 300 valence electrons. The fourth-order valence-electron chi connectivity index (χ4n) is 9.65. The third-order valence-electron chi connectivity index (χ3n) is 12.5. The predicted octanol–water partition coefficient (Wildman–Crippen LogP) is 11.5. The Bertz CT molecular complexity index is 4150. The van der Waals surface area contributed by atoms with Gasteiger partial charge in [0.1, 0.15) is 5.82 Å². The van der Waals surface area contributed by atoms with Crippen molar-refractivity contribution in [3.63, 3.8) is 0 Å². The van der Waals surface area contributed by atoms with Crippen molar-refractivity contribution in [2.75, 3.05) is 0 Å². The van der Waals surface area contributed by atoms with Gasteiger partial charge in [0.2, 0.25) is 0 Å². The van der Waals surface area contributed by atoms with E-state index in [1.54, 1.807) is 24.5 Å². The van der Waals surface area contributed by atoms with Crippen molar-refractivity contribution in [3.05, 3.63) is 221 Å². The number of rotatable bonds is 5. The van der Waals surface area contributed by atoms with Crippen LogP contribution < -0.4 is 11.1 Å². The summed E-state index contributed by atoms with van der Waals surface area (Å²) in [6, 6.07) is 62.1. The van der Waals surface area contributed by atoms with Gasteiger partial charge in [-0.1, -0.05) is 66.7 Å². The Morgan fingerprint density at radius 3 is 1.36 bits per heavy atom. The molecule has 64 heavy (non-hydrogen) atoms. The van der Waals surface area contributed by atoms with Gasteiger partial charge in [-0.05, 0) is 132 Å². The first-order chi connectivity index (χ1) is 31.6. The van der Waals surface area contributed by atoms with E-state index < -0.39 is 11.1 Å². The lowest BCUT2D eigenvalue weighted by Gasteiger charge is -2.12. The number of hydrogen-bond donors (Lipinski definition) is 0. The topological polar surface area (TPSA) is 92.5 Å². The summed E-state index contributed by atoms with van der Waals surface area (Å²) in [6.45, 7) is 0. The predicted molar refractivity (Wildman–Crippen MR) is 258 cm³/mol. The molecule has 7 aromatic carbocycles. The molecule has 0 aliphatic rings. The number of para-hydroxylation sites is 5. The number of benzene rings is 7. The zero-order valence-corrected chi connectivity index (χ0v) is 34.0. The number of pyridine rings is 2. The summed E-state index contributed by atoms with van der Waals surface area (Å²) in [5, 5.41) is 3.78. The molecule has 6 aromatic heterocycles. The summed E-state index contributed by atoms with van der Waals surface area (Å²) >= 11 is 0. The van der Waals surface area contributed by atoms with Crippen molar-refractivity contribution in [1.29, 1.82) is 0 Å². The summed E-state index contributed by atoms with van der Waals surface area (Å²) in [6.07, 6.45) is 3.57. The lowest BCUT2D eigenvalue weighted by Crippen LogP contribution is -2.28. The van der Waals surface area contributed by atoms with Crippen LogP contribution in [0.25, 0.3) is 111 Å². The van der Waals surface area contributed by atoms with Crippen molar-refractivity contribution in [2.45, 2.75) is 0 Å². The summed E-state index contributed by atoms with van der Waals surface area (Å²) in [5.74, 6) is 0.838. The summed E-state index contributed by atoms with van der Waals surface area (Å²) in [4.78, 5) is 45.1. The van der Waals surface area contributed by atoms with Crippen molar-refractivity contribution in [3.8, 4) is 34.1 Å². The maximum absolute atomic E-state index is 15.1. The molecule has 0 atom stereocenters. The van der Waals surface area contributed by atoms with Crippen LogP contribution >= 0.6 is 0 Å². The van der Waals surface area contributed by atoms with Crippen LogP contribution in [0.1, 0.15) is 0 Å². The van der Waals surface area contributed by atoms with E-state index in [2.05, 4.69) is 68.3 Å². The second-order valence-corrected chi connectivity index (χ2v) is 16.0. The fraction of sp³-hybridized carbons (Fsp3) is 0. The molecular formula is C55H33N7O2. The standard InChI is InChI=1S/C55H33N7O2/c63-54-41-31-44-49(60(48-23-13-29-57-52(44)48)38-26-24-34(25-27-38)53-58-45-20-10-11-21-46(45)61(53)36-16-6-2-7-17-36)32-40(41)39-30-43-50(33-42(39)55(64)62(54)37-18-8-3-9-19-37)59(35-14-4-1-5-15-35)47-22-12-28-56-51(43)47/h1-33H. The van der Waals surface area contributed by atoms with E-state index in [0.717, 1.165) is 83.4 Å². The third-order valence-corrected chi connectivity index (χ3v) is 12.5. The third kappa shape index (κ3) is 5.21. The maximum Gasteiger partial charge on any atom is 0.266 e. The van der Waals surface area contributed by atoms with E-state index in [0.29, 0.717) is 27.2 Å². The molecule has 0 amide bonds. The average Bonchev–Trinajstić information content (AvgIpc) is 4.00. The maximum atomic E-state index is 15.1. The molecule has 0 saturated heterocycles. The van der Waals surface area contributed by atoms with Crippen LogP contribution in [-0.2, 0) is 0 Å². The monoisotopic (exact) mass is 823 g/mol. The normalized spacial score (nSPS) is 11.9. The van der Waals surface area contributed by atoms with Crippen molar-refractivity contribution < 1.29 is 0 Å². The van der Waals surface area contributed by atoms with Gasteiger partial charge in [-0.25, -0.2) is 9.55 Å². The van der Waals surface area contributed by atoms with E-state index >= 15 is 9.59 Å². The molecule has 9 nitrogen and oxygen atoms in total. The highest BCUT2D eigenvalue weighted by atomic mass is 16.2. The highest BCUT2D eigenvalue weighted by molar-refractivity contribution is 6.20. The minimum Gasteiger partial charge on any atom is -0.308 e. The molecule has 13 rings (SSSR count). The quantitative estimate of drug-likeness (QED) is 0.172. The molecule has 0 spiro atoms. The molecule has 0 aliphatic heterocycles. The second kappa shape index (κ2) is 13.8. The molecule has 0 fully saturated rings. The van der Waals surface area contributed by atoms with Gasteiger partial charge in [-0.3, -0.25) is 24.1 Å². The highest BCUT2D eigenvalue weighted by Crippen LogP contribution is 2.39. The zero-order chi connectivity index (χ0) is 42.5. The summed E-state index contributed by atoms with van der Waals surface area (Å²) < 4.78 is 7.83. The van der Waals surface area contributed by atoms with E-state index in [4.69, 9.17) is 15.0 Å². The molecule has 0 radical (unpaired) electrons. The lowest BCUT2D eigenvalue weighted by atomic mass is 10.0. The minimum absolute atomic E-state index is 0.405. The molecule has 13 aromatic rings. The van der Waals surface area contributed by atoms with Gasteiger partial charge in [0, 0.05) is 51.2 Å². The Hall–Kier alpha value is -8.95. The van der Waals surface area contributed by atoms with E-state index in [1.807, 2.05) is 121 Å². The molecule has 9 heteroatoms. The molecule has 0 aliphatic carbocycles. The van der Waals surface area contributed by atoms with Crippen molar-refractivity contribution in [2.24, 2.45) is 0 Å². The average molecular weight is 824 g/mol. The largest absolute Gasteiger partial charge is 0.308 e. The Balaban J connectivity index is 1.11. The van der Waals surface area contributed by atoms with Gasteiger partial charge in [0.15, 0.2) is 0 Å². The molecule has 0 saturated carbocycles. The smallest absolute Gasteiger partial charge is 0.266 e. The Kier molecular flexibility index (Phi) is 7.70. The van der Waals surface area contributed by atoms with Crippen molar-refractivity contribution >= 4 is 76.5 Å². The fourth-order valence-corrected chi connectivity index (χ4v) is 9.65. The van der Waals surface area contributed by atoms with Gasteiger partial charge in [0.05, 0.1) is 55.2 Å². The molecule has 0 N–H and O–H groups in total. The van der Waals surface area contributed by atoms with E-state index in [1.165, 1.54) is 4.57 Å². The first kappa shape index (κ1) is 35.8. The first-order valence-corrected chi connectivity index (χ1v) is 21.1. The summed E-state index contributed by atoms with van der Waals surface area (Å²) in [7, 11) is 0. The Morgan fingerprint density at radius 1 is 0.328 bits per heavy atom. The number of aromatic nitrogens is 7. The van der Waals surface area contributed by atoms with Crippen LogP contribution in [0.2, 0.25) is 0 Å². The van der Waals surface area contributed by atoms with Crippen LogP contribution in [-0.4, -0.2) is 33.2 Å². The molecular weight excluding hydrogens is 791 g/mol. The van der Waals surface area contributed by atoms with Gasteiger partial charge in [0.25, 0.3) is 11.1 Å². The van der Waals surface area contributed by atoms with Crippen molar-refractivity contribution in [1.82, 2.24) is 33.2 Å². The van der Waals surface area contributed by atoms with Gasteiger partial charge in [-0.15, -0.1) is 0 Å². The van der Waals surface area contributed by atoms with Gasteiger partial charge in [-0.2, -0.15) is 0 Å². The number of imidazole rings is 1. The summed E-state index contributed by atoms with van der Waals surface area (Å²) in [5.41, 5.74) is 10.5. The zero-order valence-electron chi connectivity index (χ0n) is 34.0. The number of hydrogen-bond acceptors (Lipinski definition) is 5. The minimum atomic E-state index is -0.412. The van der Waals surface area contributed by atoms with Crippen LogP contribution in [0, 0.1) is 0 Å². The van der Waals surface area contributed by atoms with Gasteiger partial charge >= 0.3 is 0 Å². The second-order valence-electron chi connectivity index (χ2n) is 16.0. The molecule has 0 unspecified atom stereocenters. The lowest BCUT2D eigenvalue weighted by molar-refractivity contribution is 0.976. The van der Waals surface area contributed by atoms with Crippen LogP contribution in [0.5, 0.6) is 0 Å². The van der Waals surface area contributed by atoms with E-state index in [-0.39, 0.29) is 0 Å². The van der Waals surface area contributed by atoms with Crippen LogP contribution in [0.4, 0.5) is 0 Å². The first-order valence-electron chi connectivity index (χ1n) is 21.1. The van der Waals surface area contributed by atoms with Crippen LogP contribution in [0.3, 0.4) is 0 Å². The Labute approximate surface area is 363 Å². The number of nitrogens with zero attached hydrogens (tertiary/aromatic N) is 7. The van der Waals surface area contributed by atoms with Gasteiger partial charge < -0.3 is 9.13 Å². The molecule has 0 bridgehead atoms. The van der Waals surface area contributed by atoms with Crippen LogP contribution in [0.15, 0.2) is 210 Å². The highest BCUT2D eigenvalue weighted by Gasteiger charge is 2.22. The number of fused-ring (bicyclic) bond motifs is 10. The molecule has 6 heterocycles. The SMILES string of the molecule is O=c1c2cc3c(cc2c2cc4c(cc2c(=O)n1-c1ccccc1)c1ncccc1n4-c1ccc(-c2nc4ccccc4n2-c2ccccc2)cc1)c1ncccc1n3-c1ccccc1. The Morgan fingerprint density at radius 2 is 0.766 bits per heavy atom.